The molecule has 0 bridgehead atoms. The van der Waals surface area contributed by atoms with Gasteiger partial charge in [-0.3, -0.25) is 0 Å². The van der Waals surface area contributed by atoms with E-state index in [1.54, 1.807) is 0 Å². The zero-order chi connectivity index (χ0) is 38.2. The molecule has 9 aromatic carbocycles. The fourth-order valence-corrected chi connectivity index (χ4v) is 10.3. The zero-order valence-electron chi connectivity index (χ0n) is 31.3. The van der Waals surface area contributed by atoms with Crippen LogP contribution in [0.25, 0.3) is 91.9 Å². The summed E-state index contributed by atoms with van der Waals surface area (Å²) in [5, 5.41) is 7.18. The van der Waals surface area contributed by atoms with Crippen LogP contribution in [0.15, 0.2) is 211 Å². The third kappa shape index (κ3) is 4.92. The lowest BCUT2D eigenvalue weighted by Crippen LogP contribution is -2.12. The summed E-state index contributed by atoms with van der Waals surface area (Å²) in [5.74, 6) is 0. The van der Waals surface area contributed by atoms with E-state index in [0.717, 1.165) is 66.9 Å². The number of thiophene rings is 1. The molecular weight excluding hydrogens is 725 g/mol. The smallest absolute Gasteiger partial charge is 0.145 e. The minimum atomic E-state index is 0.868. The molecule has 0 fully saturated rings. The molecule has 3 heterocycles. The van der Waals surface area contributed by atoms with Gasteiger partial charge in [-0.2, -0.15) is 0 Å². The number of benzene rings is 9. The Labute approximate surface area is 338 Å². The van der Waals surface area contributed by atoms with Crippen molar-refractivity contribution in [3.63, 3.8) is 0 Å². The van der Waals surface area contributed by atoms with Crippen LogP contribution in [0.5, 0.6) is 0 Å². The molecule has 0 amide bonds. The maximum atomic E-state index is 6.87. The summed E-state index contributed by atoms with van der Waals surface area (Å²) < 4.78 is 11.8. The summed E-state index contributed by atoms with van der Waals surface area (Å²) in [4.78, 5) is 2.49. The minimum Gasteiger partial charge on any atom is -0.455 e. The normalized spacial score (nSPS) is 11.8. The quantitative estimate of drug-likeness (QED) is 0.168. The van der Waals surface area contributed by atoms with Crippen molar-refractivity contribution in [2.45, 2.75) is 0 Å². The largest absolute Gasteiger partial charge is 0.455 e. The third-order valence-corrected chi connectivity index (χ3v) is 12.8. The number of aromatic nitrogens is 1. The molecule has 0 aliphatic rings. The van der Waals surface area contributed by atoms with Gasteiger partial charge in [0.1, 0.15) is 11.2 Å². The lowest BCUT2D eigenvalue weighted by Gasteiger charge is -2.30. The first kappa shape index (κ1) is 32.8. The molecule has 12 rings (SSSR count). The molecule has 3 aromatic heterocycles. The average molecular weight is 759 g/mol. The van der Waals surface area contributed by atoms with Gasteiger partial charge in [0, 0.05) is 48.3 Å². The lowest BCUT2D eigenvalue weighted by atomic mass is 9.97. The third-order valence-electron chi connectivity index (χ3n) is 11.6. The van der Waals surface area contributed by atoms with Gasteiger partial charge >= 0.3 is 0 Å². The number of hydrogen-bond acceptors (Lipinski definition) is 3. The van der Waals surface area contributed by atoms with E-state index < -0.39 is 0 Å². The molecule has 12 aromatic rings. The van der Waals surface area contributed by atoms with E-state index in [4.69, 9.17) is 4.42 Å². The van der Waals surface area contributed by atoms with Gasteiger partial charge in [0.05, 0.1) is 43.9 Å². The van der Waals surface area contributed by atoms with E-state index in [1.165, 1.54) is 42.0 Å². The summed E-state index contributed by atoms with van der Waals surface area (Å²) in [6, 6.07) is 74.3. The van der Waals surface area contributed by atoms with Crippen LogP contribution < -0.4 is 4.90 Å². The zero-order valence-corrected chi connectivity index (χ0v) is 32.2. The van der Waals surface area contributed by atoms with E-state index >= 15 is 0 Å². The summed E-state index contributed by atoms with van der Waals surface area (Å²) in [5.41, 5.74) is 13.0. The molecule has 3 nitrogen and oxygen atoms in total. The van der Waals surface area contributed by atoms with Gasteiger partial charge in [-0.15, -0.1) is 11.3 Å². The van der Waals surface area contributed by atoms with Crippen molar-refractivity contribution in [2.24, 2.45) is 0 Å². The van der Waals surface area contributed by atoms with Crippen molar-refractivity contribution < 1.29 is 4.42 Å². The van der Waals surface area contributed by atoms with Gasteiger partial charge in [0.15, 0.2) is 0 Å². The van der Waals surface area contributed by atoms with Crippen LogP contribution >= 0.6 is 11.3 Å². The fourth-order valence-electron chi connectivity index (χ4n) is 9.11. The maximum Gasteiger partial charge on any atom is 0.145 e. The van der Waals surface area contributed by atoms with Crippen LogP contribution in [0.1, 0.15) is 0 Å². The SMILES string of the molecule is c1ccc(-c2ccc(N(c3ccccc3-c3ccccc3-n3c4ccccc4c4ccccc43)c3cccc4c3sc3ccccc34)c3c2oc2ccccc23)cc1. The van der Waals surface area contributed by atoms with Crippen LogP contribution in [-0.2, 0) is 0 Å². The number of para-hydroxylation sites is 5. The lowest BCUT2D eigenvalue weighted by molar-refractivity contribution is 0.670. The number of furan rings is 1. The number of nitrogens with zero attached hydrogens (tertiary/aromatic N) is 2. The second kappa shape index (κ2) is 13.1. The van der Waals surface area contributed by atoms with Crippen LogP contribution in [0.4, 0.5) is 17.1 Å². The van der Waals surface area contributed by atoms with Gasteiger partial charge in [-0.1, -0.05) is 152 Å². The van der Waals surface area contributed by atoms with Crippen molar-refractivity contribution in [2.75, 3.05) is 4.90 Å². The molecular formula is C54H34N2OS. The van der Waals surface area contributed by atoms with E-state index in [0.29, 0.717) is 0 Å². The van der Waals surface area contributed by atoms with Crippen LogP contribution in [0.2, 0.25) is 0 Å². The van der Waals surface area contributed by atoms with Crippen molar-refractivity contribution in [3.05, 3.63) is 206 Å². The standard InChI is InChI=1S/C54H34N2OS/c1-2-17-35(18-3-1)36-33-34-48(52-43-24-8-14-31-50(43)57-53(36)52)56(49-30-16-25-42-41-23-9-15-32-51(41)58-54(42)49)47-29-13-7-22-40(47)39-21-6-12-28-46(39)55-44-26-10-4-19-37(44)38-20-5-11-27-45(38)55/h1-34H. The molecule has 272 valence electrons. The first-order valence-corrected chi connectivity index (χ1v) is 20.5. The molecule has 0 atom stereocenters. The van der Waals surface area contributed by atoms with Crippen LogP contribution in [-0.4, -0.2) is 4.57 Å². The second-order valence-electron chi connectivity index (χ2n) is 14.8. The molecule has 0 saturated heterocycles. The Hall–Kier alpha value is -7.40. The first-order chi connectivity index (χ1) is 28.8. The predicted molar refractivity (Wildman–Crippen MR) is 247 cm³/mol. The Kier molecular flexibility index (Phi) is 7.40. The van der Waals surface area contributed by atoms with Gasteiger partial charge in [0.25, 0.3) is 0 Å². The molecule has 0 spiro atoms. The maximum absolute atomic E-state index is 6.87. The number of fused-ring (bicyclic) bond motifs is 9. The summed E-state index contributed by atoms with van der Waals surface area (Å²) in [6.07, 6.45) is 0. The number of rotatable bonds is 6. The van der Waals surface area contributed by atoms with Crippen molar-refractivity contribution in [3.8, 4) is 27.9 Å². The predicted octanol–water partition coefficient (Wildman–Crippen LogP) is 15.9. The molecule has 0 saturated carbocycles. The van der Waals surface area contributed by atoms with Crippen LogP contribution in [0.3, 0.4) is 0 Å². The van der Waals surface area contributed by atoms with E-state index in [9.17, 15) is 0 Å². The Balaban J connectivity index is 1.19. The second-order valence-corrected chi connectivity index (χ2v) is 15.8. The fraction of sp³-hybridized carbons (Fsp3) is 0. The highest BCUT2D eigenvalue weighted by Gasteiger charge is 2.27. The molecule has 0 radical (unpaired) electrons. The average Bonchev–Trinajstić information content (AvgIpc) is 3.98. The Morgan fingerprint density at radius 3 is 1.81 bits per heavy atom. The highest BCUT2D eigenvalue weighted by Crippen LogP contribution is 2.52. The summed E-state index contributed by atoms with van der Waals surface area (Å²) >= 11 is 1.85. The Bertz CT molecular complexity index is 3480. The van der Waals surface area contributed by atoms with E-state index in [-0.39, 0.29) is 0 Å². The highest BCUT2D eigenvalue weighted by molar-refractivity contribution is 7.26. The van der Waals surface area contributed by atoms with Crippen molar-refractivity contribution in [1.29, 1.82) is 0 Å². The highest BCUT2D eigenvalue weighted by atomic mass is 32.1. The number of hydrogen-bond donors (Lipinski definition) is 0. The summed E-state index contributed by atoms with van der Waals surface area (Å²) in [6.45, 7) is 0. The van der Waals surface area contributed by atoms with Crippen molar-refractivity contribution >= 4 is 92.3 Å². The topological polar surface area (TPSA) is 21.3 Å². The molecule has 0 aliphatic carbocycles. The van der Waals surface area contributed by atoms with Gasteiger partial charge in [-0.25, -0.2) is 0 Å². The van der Waals surface area contributed by atoms with Crippen molar-refractivity contribution in [1.82, 2.24) is 4.57 Å². The Morgan fingerprint density at radius 1 is 0.397 bits per heavy atom. The monoisotopic (exact) mass is 758 g/mol. The molecule has 4 heteroatoms. The summed E-state index contributed by atoms with van der Waals surface area (Å²) in [7, 11) is 0. The number of anilines is 3. The van der Waals surface area contributed by atoms with E-state index in [1.807, 2.05) is 11.3 Å². The van der Waals surface area contributed by atoms with Gasteiger partial charge in [-0.05, 0) is 60.2 Å². The minimum absolute atomic E-state index is 0.868. The van der Waals surface area contributed by atoms with Gasteiger partial charge < -0.3 is 13.9 Å². The molecule has 0 unspecified atom stereocenters. The van der Waals surface area contributed by atoms with Crippen LogP contribution in [0, 0.1) is 0 Å². The van der Waals surface area contributed by atoms with E-state index in [2.05, 4.69) is 216 Å². The Morgan fingerprint density at radius 2 is 1.00 bits per heavy atom. The molecule has 58 heavy (non-hydrogen) atoms. The molecule has 0 N–H and O–H groups in total. The molecule has 0 aliphatic heterocycles. The first-order valence-electron chi connectivity index (χ1n) is 19.7. The van der Waals surface area contributed by atoms with Gasteiger partial charge in [0.2, 0.25) is 0 Å².